The highest BCUT2D eigenvalue weighted by Gasteiger charge is 2.60. The predicted octanol–water partition coefficient (Wildman–Crippen LogP) is 11.7. The first-order valence-corrected chi connectivity index (χ1v) is 20.3. The molecule has 4 heteroatoms. The molecule has 4 rings (SSSR count). The molecule has 4 fully saturated rings. The predicted molar refractivity (Wildman–Crippen MR) is 193 cm³/mol. The minimum atomic E-state index is -0.642. The molecule has 0 bridgehead atoms. The van der Waals surface area contributed by atoms with Gasteiger partial charge < -0.3 is 10.4 Å². The maximum absolute atomic E-state index is 12.9. The summed E-state index contributed by atoms with van der Waals surface area (Å²) in [4.78, 5) is 24.1. The van der Waals surface area contributed by atoms with E-state index in [1.807, 2.05) is 0 Å². The number of fused-ring (bicyclic) bond motifs is 5. The molecule has 4 nitrogen and oxygen atoms in total. The minimum absolute atomic E-state index is 0.294. The average Bonchev–Trinajstić information content (AvgIpc) is 3.39. The van der Waals surface area contributed by atoms with Crippen molar-refractivity contribution in [1.82, 2.24) is 5.32 Å². The molecular weight excluding hydrogens is 566 g/mol. The second-order valence-electron chi connectivity index (χ2n) is 17.2. The Morgan fingerprint density at radius 1 is 0.761 bits per heavy atom. The van der Waals surface area contributed by atoms with Crippen molar-refractivity contribution >= 4 is 11.9 Å². The Labute approximate surface area is 284 Å². The maximum atomic E-state index is 12.9. The van der Waals surface area contributed by atoms with E-state index in [1.165, 1.54) is 128 Å². The molecule has 1 amide bonds. The number of allylic oxidation sites excluding steroid dienone is 2. The minimum Gasteiger partial charge on any atom is -0.481 e. The molecule has 4 aliphatic rings. The van der Waals surface area contributed by atoms with Crippen molar-refractivity contribution < 1.29 is 14.7 Å². The van der Waals surface area contributed by atoms with Gasteiger partial charge in [-0.3, -0.25) is 9.59 Å². The lowest BCUT2D eigenvalue weighted by Crippen LogP contribution is -2.55. The van der Waals surface area contributed by atoms with E-state index in [-0.39, 0.29) is 0 Å². The van der Waals surface area contributed by atoms with Gasteiger partial charge in [0, 0.05) is 18.9 Å². The number of aliphatic carboxylic acids is 1. The van der Waals surface area contributed by atoms with E-state index in [4.69, 9.17) is 0 Å². The van der Waals surface area contributed by atoms with E-state index in [9.17, 15) is 14.7 Å². The van der Waals surface area contributed by atoms with E-state index in [1.54, 1.807) is 0 Å². The molecule has 0 radical (unpaired) electrons. The SMILES string of the molecule is CCCCCCCC/C=C\CCCCCCCC(=O)N[C@H]1CC[C@@]2(C)C(CC[C@H]3[C@@H]4CC[C@H]([C@H](C)CCC(=O)O)[C@@]4(C)CC[C@@H]32)C1. The molecule has 1 unspecified atom stereocenters. The quantitative estimate of drug-likeness (QED) is 0.103. The van der Waals surface area contributed by atoms with E-state index in [0.717, 1.165) is 42.9 Å². The zero-order valence-electron chi connectivity index (χ0n) is 30.6. The van der Waals surface area contributed by atoms with Crippen molar-refractivity contribution in [3.05, 3.63) is 12.2 Å². The van der Waals surface area contributed by atoms with Gasteiger partial charge in [-0.1, -0.05) is 91.2 Å². The average molecular weight is 640 g/mol. The van der Waals surface area contributed by atoms with Crippen molar-refractivity contribution in [2.24, 2.45) is 46.3 Å². The Hall–Kier alpha value is -1.32. The summed E-state index contributed by atoms with van der Waals surface area (Å²) in [7, 11) is 0. The summed E-state index contributed by atoms with van der Waals surface area (Å²) in [6.45, 7) is 9.82. The number of carboxylic acids is 1. The van der Waals surface area contributed by atoms with Crippen LogP contribution >= 0.6 is 0 Å². The van der Waals surface area contributed by atoms with Gasteiger partial charge in [0.2, 0.25) is 5.91 Å². The monoisotopic (exact) mass is 640 g/mol. The second kappa shape index (κ2) is 18.4. The first-order valence-electron chi connectivity index (χ1n) is 20.3. The van der Waals surface area contributed by atoms with Gasteiger partial charge in [-0.05, 0) is 143 Å². The molecular formula is C42H73NO3. The smallest absolute Gasteiger partial charge is 0.303 e. The lowest BCUT2D eigenvalue weighted by Gasteiger charge is -2.61. The number of rotatable bonds is 20. The number of hydrogen-bond acceptors (Lipinski definition) is 2. The standard InChI is InChI=1S/C42H73NO3/c1-5-6-7-8-9-10-11-12-13-14-15-16-17-18-19-20-39(44)43-34-27-29-41(3)33(31-34)22-23-35-37-25-24-36(32(2)21-26-40(45)46)42(37,4)30-28-38(35)41/h12-13,32-38H,5-11,14-31H2,1-4H3,(H,43,44)(H,45,46)/b13-12-/t32-,33?,34+,35+,36-,37+,38+,41+,42-/m1/s1. The fourth-order valence-electron chi connectivity index (χ4n) is 11.6. The van der Waals surface area contributed by atoms with Crippen LogP contribution in [0.1, 0.15) is 188 Å². The zero-order valence-corrected chi connectivity index (χ0v) is 30.6. The van der Waals surface area contributed by atoms with Crippen LogP contribution < -0.4 is 5.32 Å². The van der Waals surface area contributed by atoms with Crippen LogP contribution in [-0.4, -0.2) is 23.0 Å². The topological polar surface area (TPSA) is 66.4 Å². The number of carbonyl (C=O) groups excluding carboxylic acids is 1. The number of unbranched alkanes of at least 4 members (excludes halogenated alkanes) is 11. The number of nitrogens with one attached hydrogen (secondary N) is 1. The summed E-state index contributed by atoms with van der Waals surface area (Å²) in [5, 5.41) is 12.7. The van der Waals surface area contributed by atoms with Gasteiger partial charge >= 0.3 is 5.97 Å². The van der Waals surface area contributed by atoms with Gasteiger partial charge in [0.05, 0.1) is 0 Å². The van der Waals surface area contributed by atoms with Crippen molar-refractivity contribution in [2.75, 3.05) is 0 Å². The molecule has 0 aromatic heterocycles. The highest BCUT2D eigenvalue weighted by molar-refractivity contribution is 5.76. The number of hydrogen-bond donors (Lipinski definition) is 2. The van der Waals surface area contributed by atoms with Crippen LogP contribution in [-0.2, 0) is 9.59 Å². The third-order valence-electron chi connectivity index (χ3n) is 14.3. The fraction of sp³-hybridized carbons (Fsp3) is 0.905. The Balaban J connectivity index is 1.10. The van der Waals surface area contributed by atoms with Gasteiger partial charge in [0.1, 0.15) is 0 Å². The molecule has 4 aliphatic carbocycles. The summed E-state index contributed by atoms with van der Waals surface area (Å²) in [5.41, 5.74) is 0.833. The van der Waals surface area contributed by atoms with Gasteiger partial charge in [-0.15, -0.1) is 0 Å². The van der Waals surface area contributed by atoms with Crippen LogP contribution in [0.5, 0.6) is 0 Å². The van der Waals surface area contributed by atoms with Gasteiger partial charge in [0.15, 0.2) is 0 Å². The van der Waals surface area contributed by atoms with E-state index in [2.05, 4.69) is 45.2 Å². The number of carboxylic acid groups (broad SMARTS) is 1. The van der Waals surface area contributed by atoms with Crippen LogP contribution in [0.15, 0.2) is 12.2 Å². The molecule has 0 aliphatic heterocycles. The lowest BCUT2D eigenvalue weighted by molar-refractivity contribution is -0.137. The first-order chi connectivity index (χ1) is 22.2. The first kappa shape index (κ1) is 37.5. The summed E-state index contributed by atoms with van der Waals surface area (Å²) in [5.74, 6) is 4.12. The summed E-state index contributed by atoms with van der Waals surface area (Å²) in [6, 6.07) is 0.380. The molecule has 0 aromatic carbocycles. The third kappa shape index (κ3) is 9.87. The van der Waals surface area contributed by atoms with Crippen molar-refractivity contribution in [2.45, 2.75) is 194 Å². The summed E-state index contributed by atoms with van der Waals surface area (Å²) < 4.78 is 0. The molecule has 0 heterocycles. The molecule has 2 N–H and O–H groups in total. The van der Waals surface area contributed by atoms with Crippen molar-refractivity contribution in [3.63, 3.8) is 0 Å². The van der Waals surface area contributed by atoms with E-state index >= 15 is 0 Å². The van der Waals surface area contributed by atoms with E-state index < -0.39 is 5.97 Å². The lowest BCUT2D eigenvalue weighted by atomic mass is 9.44. The van der Waals surface area contributed by atoms with Crippen molar-refractivity contribution in [1.29, 1.82) is 0 Å². The van der Waals surface area contributed by atoms with Crippen LogP contribution in [0.2, 0.25) is 0 Å². The Morgan fingerprint density at radius 2 is 1.39 bits per heavy atom. The van der Waals surface area contributed by atoms with Crippen molar-refractivity contribution in [3.8, 4) is 0 Å². The molecule has 9 atom stereocenters. The molecule has 4 saturated carbocycles. The Bertz CT molecular complexity index is 961. The highest BCUT2D eigenvalue weighted by Crippen LogP contribution is 2.68. The largest absolute Gasteiger partial charge is 0.481 e. The fourth-order valence-corrected chi connectivity index (χ4v) is 11.6. The zero-order chi connectivity index (χ0) is 33.0. The normalized spacial score (nSPS) is 34.5. The molecule has 0 aromatic rings. The Morgan fingerprint density at radius 3 is 2.09 bits per heavy atom. The molecule has 0 saturated heterocycles. The number of carbonyl (C=O) groups is 2. The maximum Gasteiger partial charge on any atom is 0.303 e. The van der Waals surface area contributed by atoms with Crippen LogP contribution in [0.3, 0.4) is 0 Å². The molecule has 0 spiro atoms. The summed E-state index contributed by atoms with van der Waals surface area (Å²) >= 11 is 0. The van der Waals surface area contributed by atoms with Crippen LogP contribution in [0.4, 0.5) is 0 Å². The highest BCUT2D eigenvalue weighted by atomic mass is 16.4. The van der Waals surface area contributed by atoms with Gasteiger partial charge in [-0.25, -0.2) is 0 Å². The molecule has 46 heavy (non-hydrogen) atoms. The Kier molecular flexibility index (Phi) is 15.0. The summed E-state index contributed by atoms with van der Waals surface area (Å²) in [6.07, 6.45) is 35.1. The molecule has 264 valence electrons. The van der Waals surface area contributed by atoms with Crippen LogP contribution in [0, 0.1) is 46.3 Å². The van der Waals surface area contributed by atoms with Crippen LogP contribution in [0.25, 0.3) is 0 Å². The third-order valence-corrected chi connectivity index (χ3v) is 14.3. The van der Waals surface area contributed by atoms with E-state index in [0.29, 0.717) is 47.5 Å². The van der Waals surface area contributed by atoms with Gasteiger partial charge in [0.25, 0.3) is 0 Å². The second-order valence-corrected chi connectivity index (χ2v) is 17.2. The number of amides is 1. The van der Waals surface area contributed by atoms with Gasteiger partial charge in [-0.2, -0.15) is 0 Å².